The second-order valence-electron chi connectivity index (χ2n) is 5.13. The number of ether oxygens (including phenoxy) is 2. The van der Waals surface area contributed by atoms with Gasteiger partial charge in [0.1, 0.15) is 11.3 Å². The van der Waals surface area contributed by atoms with Gasteiger partial charge in [0.25, 0.3) is 11.5 Å². The number of carbonyl (C=O) groups excluding carboxylic acids is 1. The predicted octanol–water partition coefficient (Wildman–Crippen LogP) is 2.99. The van der Waals surface area contributed by atoms with Crippen LogP contribution in [0.4, 0.5) is 5.69 Å². The van der Waals surface area contributed by atoms with Crippen LogP contribution in [-0.4, -0.2) is 25.3 Å². The molecular weight excluding hydrogens is 324 g/mol. The van der Waals surface area contributed by atoms with E-state index in [0.29, 0.717) is 28.2 Å². The minimum absolute atomic E-state index is 0.0964. The van der Waals surface area contributed by atoms with Crippen molar-refractivity contribution in [3.63, 3.8) is 0 Å². The third-order valence-corrected chi connectivity index (χ3v) is 3.64. The molecule has 7 heteroatoms. The Bertz CT molecular complexity index is 977. The van der Waals surface area contributed by atoms with E-state index in [1.807, 2.05) is 0 Å². The predicted molar refractivity (Wildman–Crippen MR) is 91.1 cm³/mol. The summed E-state index contributed by atoms with van der Waals surface area (Å²) in [6.45, 7) is 0. The van der Waals surface area contributed by atoms with Crippen LogP contribution in [0.2, 0.25) is 0 Å². The number of hydrogen-bond donors (Lipinski definition) is 2. The van der Waals surface area contributed by atoms with E-state index < -0.39 is 5.91 Å². The number of amides is 1. The van der Waals surface area contributed by atoms with Crippen LogP contribution in [0.25, 0.3) is 11.0 Å². The van der Waals surface area contributed by atoms with Crippen LogP contribution in [0.15, 0.2) is 58.1 Å². The molecule has 2 N–H and O–H groups in total. The summed E-state index contributed by atoms with van der Waals surface area (Å²) in [5.41, 5.74) is 0.848. The first kappa shape index (κ1) is 16.4. The molecular formula is C18H16N2O5. The highest BCUT2D eigenvalue weighted by Gasteiger charge is 2.15. The molecule has 7 nitrogen and oxygen atoms in total. The molecule has 0 aliphatic carbocycles. The van der Waals surface area contributed by atoms with Crippen LogP contribution in [0.3, 0.4) is 0 Å². The molecule has 0 atom stereocenters. The molecule has 128 valence electrons. The van der Waals surface area contributed by atoms with Crippen molar-refractivity contribution in [3.05, 3.63) is 59.6 Å². The van der Waals surface area contributed by atoms with Gasteiger partial charge >= 0.3 is 0 Å². The molecule has 1 aromatic heterocycles. The van der Waals surface area contributed by atoms with Gasteiger partial charge in [-0.25, -0.2) is 0 Å². The maximum absolute atomic E-state index is 12.5. The molecule has 0 fully saturated rings. The van der Waals surface area contributed by atoms with Crippen LogP contribution < -0.4 is 20.3 Å². The number of fused-ring (bicyclic) bond motifs is 1. The number of rotatable bonds is 4. The minimum atomic E-state index is -0.466. The Kier molecular flexibility index (Phi) is 4.56. The third-order valence-electron chi connectivity index (χ3n) is 3.64. The van der Waals surface area contributed by atoms with Crippen LogP contribution in [0.5, 0.6) is 11.5 Å². The molecule has 0 spiro atoms. The van der Waals surface area contributed by atoms with Crippen molar-refractivity contribution in [1.29, 1.82) is 0 Å². The summed E-state index contributed by atoms with van der Waals surface area (Å²) in [5, 5.41) is 15.7. The van der Waals surface area contributed by atoms with Gasteiger partial charge in [-0.2, -0.15) is 0 Å². The molecule has 3 aromatic rings. The number of anilines is 1. The second-order valence-corrected chi connectivity index (χ2v) is 5.13. The van der Waals surface area contributed by atoms with Gasteiger partial charge < -0.3 is 24.4 Å². The molecule has 0 bridgehead atoms. The monoisotopic (exact) mass is 340 g/mol. The summed E-state index contributed by atoms with van der Waals surface area (Å²) in [7, 11) is 3.07. The number of nitrogens with zero attached hydrogens (tertiary/aromatic N) is 1. The van der Waals surface area contributed by atoms with Gasteiger partial charge in [-0.05, 0) is 41.6 Å². The first-order valence-corrected chi connectivity index (χ1v) is 7.40. The Morgan fingerprint density at radius 2 is 1.88 bits per heavy atom. The van der Waals surface area contributed by atoms with Crippen molar-refractivity contribution in [2.45, 2.75) is 0 Å². The molecule has 25 heavy (non-hydrogen) atoms. The molecule has 0 aliphatic heterocycles. The number of para-hydroxylation sites is 1. The van der Waals surface area contributed by atoms with Gasteiger partial charge in [0.2, 0.25) is 0 Å². The molecule has 2 aromatic carbocycles. The Balaban J connectivity index is 2.00. The van der Waals surface area contributed by atoms with Crippen LogP contribution in [0.1, 0.15) is 10.4 Å². The fraction of sp³-hybridized carbons (Fsp3) is 0.111. The van der Waals surface area contributed by atoms with E-state index in [0.717, 1.165) is 0 Å². The van der Waals surface area contributed by atoms with E-state index in [1.54, 1.807) is 55.6 Å². The maximum atomic E-state index is 12.5. The fourth-order valence-electron chi connectivity index (χ4n) is 2.40. The lowest BCUT2D eigenvalue weighted by Crippen LogP contribution is -2.21. The number of carbonyl (C=O) groups is 1. The fourth-order valence-corrected chi connectivity index (χ4v) is 2.40. The van der Waals surface area contributed by atoms with E-state index in [-0.39, 0.29) is 11.1 Å². The molecule has 0 saturated carbocycles. The van der Waals surface area contributed by atoms with Crippen molar-refractivity contribution in [2.75, 3.05) is 19.5 Å². The molecule has 0 aliphatic rings. The van der Waals surface area contributed by atoms with Gasteiger partial charge in [0.15, 0.2) is 11.3 Å². The first-order valence-electron chi connectivity index (χ1n) is 7.40. The van der Waals surface area contributed by atoms with E-state index in [4.69, 9.17) is 13.9 Å². The zero-order valence-electron chi connectivity index (χ0n) is 13.6. The van der Waals surface area contributed by atoms with Crippen molar-refractivity contribution in [3.8, 4) is 11.5 Å². The van der Waals surface area contributed by atoms with Crippen LogP contribution in [0, 0.1) is 0 Å². The summed E-state index contributed by atoms with van der Waals surface area (Å²) in [5.74, 6) is 0.688. The number of nitrogens with one attached hydrogen (secondary N) is 1. The van der Waals surface area contributed by atoms with Gasteiger partial charge in [-0.1, -0.05) is 12.1 Å². The number of benzene rings is 2. The van der Waals surface area contributed by atoms with Gasteiger partial charge in [-0.15, -0.1) is 0 Å². The van der Waals surface area contributed by atoms with E-state index in [9.17, 15) is 10.0 Å². The van der Waals surface area contributed by atoms with Crippen LogP contribution in [-0.2, 0) is 0 Å². The van der Waals surface area contributed by atoms with Crippen molar-refractivity contribution in [1.82, 2.24) is 0 Å². The van der Waals surface area contributed by atoms with Crippen molar-refractivity contribution in [2.24, 2.45) is 5.16 Å². The molecule has 3 rings (SSSR count). The summed E-state index contributed by atoms with van der Waals surface area (Å²) in [6, 6.07) is 13.7. The topological polar surface area (TPSA) is 93.3 Å². The average molecular weight is 340 g/mol. The van der Waals surface area contributed by atoms with Gasteiger partial charge in [0.05, 0.1) is 14.2 Å². The minimum Gasteiger partial charge on any atom is -0.497 e. The van der Waals surface area contributed by atoms with Crippen LogP contribution >= 0.6 is 0 Å². The Hall–Kier alpha value is -3.48. The molecule has 0 radical (unpaired) electrons. The molecule has 0 unspecified atom stereocenters. The third kappa shape index (κ3) is 3.25. The van der Waals surface area contributed by atoms with Crippen molar-refractivity contribution >= 4 is 22.6 Å². The molecule has 1 amide bonds. The lowest BCUT2D eigenvalue weighted by molar-refractivity contribution is 0.102. The lowest BCUT2D eigenvalue weighted by atomic mass is 10.1. The molecule has 1 heterocycles. The zero-order chi connectivity index (χ0) is 17.8. The summed E-state index contributed by atoms with van der Waals surface area (Å²) >= 11 is 0. The molecule has 0 saturated heterocycles. The quantitative estimate of drug-likeness (QED) is 0.562. The normalized spacial score (nSPS) is 11.4. The smallest absolute Gasteiger partial charge is 0.268 e. The summed E-state index contributed by atoms with van der Waals surface area (Å²) in [4.78, 5) is 12.5. The lowest BCUT2D eigenvalue weighted by Gasteiger charge is -2.08. The highest BCUT2D eigenvalue weighted by molar-refractivity contribution is 6.05. The standard InChI is InChI=1S/C18H16N2O5/c1-23-13-8-6-12(7-9-13)19-17(21)14-10-11-4-3-5-15(24-2)16(11)25-18(14)20-22/h3-10,22H,1-2H3,(H,19,21). The van der Waals surface area contributed by atoms with Gasteiger partial charge in [-0.3, -0.25) is 4.79 Å². The highest BCUT2D eigenvalue weighted by atomic mass is 16.5. The van der Waals surface area contributed by atoms with E-state index >= 15 is 0 Å². The second kappa shape index (κ2) is 6.96. The maximum Gasteiger partial charge on any atom is 0.268 e. The summed E-state index contributed by atoms with van der Waals surface area (Å²) < 4.78 is 15.8. The number of hydrogen-bond acceptors (Lipinski definition) is 6. The Morgan fingerprint density at radius 1 is 1.12 bits per heavy atom. The zero-order valence-corrected chi connectivity index (χ0v) is 13.6. The first-order chi connectivity index (χ1) is 12.2. The SMILES string of the molecule is COc1ccc(NC(=O)c2cc3cccc(OC)c3oc2=NO)cc1. The summed E-state index contributed by atoms with van der Waals surface area (Å²) in [6.07, 6.45) is 0. The number of methoxy groups -OCH3 is 2. The largest absolute Gasteiger partial charge is 0.497 e. The van der Waals surface area contributed by atoms with E-state index in [1.165, 1.54) is 7.11 Å². The Morgan fingerprint density at radius 3 is 2.52 bits per heavy atom. The highest BCUT2D eigenvalue weighted by Crippen LogP contribution is 2.24. The Labute approximate surface area is 143 Å². The van der Waals surface area contributed by atoms with E-state index in [2.05, 4.69) is 10.5 Å². The van der Waals surface area contributed by atoms with Crippen molar-refractivity contribution < 1.29 is 23.9 Å². The average Bonchev–Trinajstić information content (AvgIpc) is 2.66. The van der Waals surface area contributed by atoms with Gasteiger partial charge in [0, 0.05) is 11.1 Å².